The van der Waals surface area contributed by atoms with Crippen LogP contribution in [0.15, 0.2) is 24.3 Å². The Morgan fingerprint density at radius 2 is 2.00 bits per heavy atom. The zero-order valence-electron chi connectivity index (χ0n) is 10.6. The fourth-order valence-corrected chi connectivity index (χ4v) is 3.36. The molecule has 0 bridgehead atoms. The Morgan fingerprint density at radius 3 is 2.56 bits per heavy atom. The fourth-order valence-electron chi connectivity index (χ4n) is 2.16. The Morgan fingerprint density at radius 1 is 1.28 bits per heavy atom. The van der Waals surface area contributed by atoms with Gasteiger partial charge in [-0.1, -0.05) is 23.7 Å². The lowest BCUT2D eigenvalue weighted by molar-refractivity contribution is 0.617. The van der Waals surface area contributed by atoms with E-state index < -0.39 is 0 Å². The highest BCUT2D eigenvalue weighted by molar-refractivity contribution is 7.12. The van der Waals surface area contributed by atoms with Crippen molar-refractivity contribution in [3.05, 3.63) is 56.0 Å². The van der Waals surface area contributed by atoms with Gasteiger partial charge in [-0.15, -0.1) is 11.3 Å². The molecule has 0 fully saturated rings. The predicted molar refractivity (Wildman–Crippen MR) is 76.1 cm³/mol. The Hall–Kier alpha value is -0.900. The Bertz CT molecular complexity index is 565. The molecule has 0 aliphatic carbocycles. The van der Waals surface area contributed by atoms with Crippen molar-refractivity contribution in [2.24, 2.45) is 0 Å². The van der Waals surface area contributed by atoms with Crippen molar-refractivity contribution in [1.82, 2.24) is 5.32 Å². The van der Waals surface area contributed by atoms with Crippen molar-refractivity contribution < 1.29 is 4.39 Å². The van der Waals surface area contributed by atoms with Crippen LogP contribution in [0.5, 0.6) is 0 Å². The van der Waals surface area contributed by atoms with Crippen LogP contribution in [0.3, 0.4) is 0 Å². The van der Waals surface area contributed by atoms with E-state index in [0.29, 0.717) is 0 Å². The summed E-state index contributed by atoms with van der Waals surface area (Å²) in [4.78, 5) is 2.47. The molecule has 1 aromatic carbocycles. The van der Waals surface area contributed by atoms with Gasteiger partial charge in [0.1, 0.15) is 5.82 Å². The van der Waals surface area contributed by atoms with Crippen LogP contribution in [0.25, 0.3) is 0 Å². The van der Waals surface area contributed by atoms with E-state index in [9.17, 15) is 4.39 Å². The molecule has 2 rings (SSSR count). The maximum Gasteiger partial charge on any atom is 0.142 e. The van der Waals surface area contributed by atoms with Gasteiger partial charge in [-0.05, 0) is 44.2 Å². The van der Waals surface area contributed by atoms with E-state index in [1.165, 1.54) is 15.8 Å². The molecule has 2 aromatic rings. The predicted octanol–water partition coefficient (Wildman–Crippen LogP) is 4.47. The van der Waals surface area contributed by atoms with Crippen LogP contribution in [-0.4, -0.2) is 7.05 Å². The lowest BCUT2D eigenvalue weighted by atomic mass is 9.99. The fraction of sp³-hybridized carbons (Fsp3) is 0.286. The van der Waals surface area contributed by atoms with E-state index in [0.717, 1.165) is 11.1 Å². The first-order valence-corrected chi connectivity index (χ1v) is 6.92. The van der Waals surface area contributed by atoms with E-state index in [1.54, 1.807) is 17.4 Å². The Kier molecular flexibility index (Phi) is 4.05. The van der Waals surface area contributed by atoms with Gasteiger partial charge in [-0.25, -0.2) is 4.39 Å². The Balaban J connectivity index is 2.52. The molecular formula is C14H15ClFNS. The molecular weight excluding hydrogens is 269 g/mol. The second-order valence-corrected chi connectivity index (χ2v) is 6.07. The van der Waals surface area contributed by atoms with E-state index in [4.69, 9.17) is 11.6 Å². The molecule has 0 radical (unpaired) electrons. The van der Waals surface area contributed by atoms with Gasteiger partial charge in [0, 0.05) is 9.75 Å². The molecule has 1 aromatic heterocycles. The number of hydrogen-bond acceptors (Lipinski definition) is 2. The highest BCUT2D eigenvalue weighted by Gasteiger charge is 2.20. The van der Waals surface area contributed by atoms with E-state index in [-0.39, 0.29) is 16.9 Å². The minimum atomic E-state index is -0.376. The standard InChI is InChI=1S/C14H15ClFNS/c1-8-7-11(9(2)18-8)14(17-3)10-5-4-6-12(16)13(10)15/h4-7,14,17H,1-3H3. The van der Waals surface area contributed by atoms with Crippen LogP contribution >= 0.6 is 22.9 Å². The summed E-state index contributed by atoms with van der Waals surface area (Å²) in [5, 5.41) is 3.41. The lowest BCUT2D eigenvalue weighted by Crippen LogP contribution is -2.18. The monoisotopic (exact) mass is 283 g/mol. The normalized spacial score (nSPS) is 12.7. The number of nitrogens with one attached hydrogen (secondary N) is 1. The number of hydrogen-bond donors (Lipinski definition) is 1. The van der Waals surface area contributed by atoms with Gasteiger partial charge in [-0.2, -0.15) is 0 Å². The summed E-state index contributed by atoms with van der Waals surface area (Å²) < 4.78 is 13.5. The third-order valence-corrected chi connectivity index (χ3v) is 4.35. The first-order valence-electron chi connectivity index (χ1n) is 5.72. The number of benzene rings is 1. The van der Waals surface area contributed by atoms with Crippen LogP contribution < -0.4 is 5.32 Å². The summed E-state index contributed by atoms with van der Waals surface area (Å²) in [6.45, 7) is 4.14. The summed E-state index contributed by atoms with van der Waals surface area (Å²) in [6, 6.07) is 6.99. The minimum absolute atomic E-state index is 0.0712. The van der Waals surface area contributed by atoms with Crippen molar-refractivity contribution in [2.75, 3.05) is 7.05 Å². The summed E-state index contributed by atoms with van der Waals surface area (Å²) in [5.74, 6) is -0.376. The third kappa shape index (κ3) is 2.44. The van der Waals surface area contributed by atoms with E-state index in [2.05, 4.69) is 25.2 Å². The number of rotatable bonds is 3. The van der Waals surface area contributed by atoms with Crippen molar-refractivity contribution >= 4 is 22.9 Å². The number of halogens is 2. The maximum absolute atomic E-state index is 13.5. The van der Waals surface area contributed by atoms with E-state index in [1.807, 2.05) is 13.1 Å². The first kappa shape index (κ1) is 13.5. The molecule has 1 atom stereocenters. The highest BCUT2D eigenvalue weighted by atomic mass is 35.5. The molecule has 0 amide bonds. The van der Waals surface area contributed by atoms with Crippen LogP contribution in [0.4, 0.5) is 4.39 Å². The average Bonchev–Trinajstić information content (AvgIpc) is 2.65. The molecule has 0 spiro atoms. The first-order chi connectivity index (χ1) is 8.54. The summed E-state index contributed by atoms with van der Waals surface area (Å²) in [5.41, 5.74) is 1.94. The van der Waals surface area contributed by atoms with Crippen molar-refractivity contribution in [3.8, 4) is 0 Å². The zero-order chi connectivity index (χ0) is 13.3. The molecule has 1 nitrogen and oxygen atoms in total. The topological polar surface area (TPSA) is 12.0 Å². The molecule has 4 heteroatoms. The lowest BCUT2D eigenvalue weighted by Gasteiger charge is -2.18. The van der Waals surface area contributed by atoms with Gasteiger partial charge in [0.05, 0.1) is 11.1 Å². The van der Waals surface area contributed by atoms with Gasteiger partial charge in [0.2, 0.25) is 0 Å². The molecule has 1 unspecified atom stereocenters. The largest absolute Gasteiger partial charge is 0.309 e. The minimum Gasteiger partial charge on any atom is -0.309 e. The van der Waals surface area contributed by atoms with E-state index >= 15 is 0 Å². The Labute approximate surface area is 116 Å². The SMILES string of the molecule is CNC(c1cc(C)sc1C)c1cccc(F)c1Cl. The van der Waals surface area contributed by atoms with Gasteiger partial charge in [-0.3, -0.25) is 0 Å². The smallest absolute Gasteiger partial charge is 0.142 e. The van der Waals surface area contributed by atoms with Crippen molar-refractivity contribution in [3.63, 3.8) is 0 Å². The van der Waals surface area contributed by atoms with Crippen LogP contribution in [0.1, 0.15) is 26.9 Å². The van der Waals surface area contributed by atoms with Gasteiger partial charge < -0.3 is 5.32 Å². The molecule has 1 N–H and O–H groups in total. The molecule has 18 heavy (non-hydrogen) atoms. The number of thiophene rings is 1. The van der Waals surface area contributed by atoms with Crippen molar-refractivity contribution in [2.45, 2.75) is 19.9 Å². The molecule has 0 saturated carbocycles. The second-order valence-electron chi connectivity index (χ2n) is 4.23. The summed E-state index contributed by atoms with van der Waals surface area (Å²) in [6.07, 6.45) is 0. The molecule has 0 saturated heterocycles. The maximum atomic E-state index is 13.5. The van der Waals surface area contributed by atoms with Gasteiger partial charge in [0.25, 0.3) is 0 Å². The highest BCUT2D eigenvalue weighted by Crippen LogP contribution is 2.34. The quantitative estimate of drug-likeness (QED) is 0.876. The molecule has 1 heterocycles. The van der Waals surface area contributed by atoms with Crippen molar-refractivity contribution in [1.29, 1.82) is 0 Å². The van der Waals surface area contributed by atoms with Gasteiger partial charge >= 0.3 is 0 Å². The molecule has 96 valence electrons. The zero-order valence-corrected chi connectivity index (χ0v) is 12.1. The molecule has 0 aliphatic heterocycles. The number of aryl methyl sites for hydroxylation is 2. The van der Waals surface area contributed by atoms with Crippen LogP contribution in [0, 0.1) is 19.7 Å². The average molecular weight is 284 g/mol. The van der Waals surface area contributed by atoms with Crippen LogP contribution in [0.2, 0.25) is 5.02 Å². The second kappa shape index (κ2) is 5.39. The summed E-state index contributed by atoms with van der Waals surface area (Å²) in [7, 11) is 1.86. The van der Waals surface area contributed by atoms with Gasteiger partial charge in [0.15, 0.2) is 0 Å². The molecule has 0 aliphatic rings. The van der Waals surface area contributed by atoms with Crippen LogP contribution in [-0.2, 0) is 0 Å². The summed E-state index contributed by atoms with van der Waals surface area (Å²) >= 11 is 7.80. The third-order valence-electron chi connectivity index (χ3n) is 2.97.